The third-order valence-corrected chi connectivity index (χ3v) is 3.85. The first kappa shape index (κ1) is 15.2. The Kier molecular flexibility index (Phi) is 4.33. The summed E-state index contributed by atoms with van der Waals surface area (Å²) < 4.78 is 15.5. The minimum Gasteiger partial charge on any atom is -0.487 e. The molecule has 8 heteroatoms. The van der Waals surface area contributed by atoms with Crippen molar-refractivity contribution in [2.24, 2.45) is 7.05 Å². The number of carbonyl (C=O) groups excluding carboxylic acids is 1. The van der Waals surface area contributed by atoms with E-state index in [1.807, 2.05) is 6.92 Å². The molecule has 3 rings (SSSR count). The number of aromatic nitrogens is 4. The van der Waals surface area contributed by atoms with Gasteiger partial charge in [-0.2, -0.15) is 13.8 Å². The Morgan fingerprint density at radius 3 is 2.65 bits per heavy atom. The summed E-state index contributed by atoms with van der Waals surface area (Å²) in [5, 5.41) is 6.84. The largest absolute Gasteiger partial charge is 0.487 e. The SMILES string of the molecule is Cc1nsnc1COc1ccc(C(=O)Nc2ccn(C)n2)cc1. The zero-order valence-corrected chi connectivity index (χ0v) is 13.5. The van der Waals surface area contributed by atoms with Crippen LogP contribution in [0.15, 0.2) is 36.5 Å². The van der Waals surface area contributed by atoms with Crippen molar-refractivity contribution < 1.29 is 9.53 Å². The van der Waals surface area contributed by atoms with Crippen LogP contribution in [-0.4, -0.2) is 24.4 Å². The van der Waals surface area contributed by atoms with Gasteiger partial charge in [-0.3, -0.25) is 9.48 Å². The highest BCUT2D eigenvalue weighted by molar-refractivity contribution is 6.99. The molecule has 0 aliphatic heterocycles. The second-order valence-electron chi connectivity index (χ2n) is 4.94. The summed E-state index contributed by atoms with van der Waals surface area (Å²) in [6, 6.07) is 8.66. The zero-order valence-electron chi connectivity index (χ0n) is 12.7. The molecule has 0 atom stereocenters. The Morgan fingerprint density at radius 1 is 1.26 bits per heavy atom. The molecule has 2 heterocycles. The Bertz CT molecular complexity index is 809. The Hall–Kier alpha value is -2.74. The number of hydrogen-bond donors (Lipinski definition) is 1. The Balaban J connectivity index is 1.60. The van der Waals surface area contributed by atoms with Gasteiger partial charge < -0.3 is 10.1 Å². The zero-order chi connectivity index (χ0) is 16.2. The normalized spacial score (nSPS) is 10.5. The quantitative estimate of drug-likeness (QED) is 0.777. The van der Waals surface area contributed by atoms with Crippen LogP contribution in [-0.2, 0) is 13.7 Å². The van der Waals surface area contributed by atoms with E-state index in [1.54, 1.807) is 48.3 Å². The number of benzene rings is 1. The van der Waals surface area contributed by atoms with E-state index in [4.69, 9.17) is 4.74 Å². The van der Waals surface area contributed by atoms with Crippen LogP contribution in [0.1, 0.15) is 21.7 Å². The van der Waals surface area contributed by atoms with Crippen molar-refractivity contribution in [2.75, 3.05) is 5.32 Å². The lowest BCUT2D eigenvalue weighted by Gasteiger charge is -2.06. The predicted molar refractivity (Wildman–Crippen MR) is 86.6 cm³/mol. The Labute approximate surface area is 137 Å². The molecule has 0 aliphatic rings. The summed E-state index contributed by atoms with van der Waals surface area (Å²) in [4.78, 5) is 12.1. The highest BCUT2D eigenvalue weighted by Crippen LogP contribution is 2.16. The van der Waals surface area contributed by atoms with Crippen LogP contribution in [0, 0.1) is 6.92 Å². The number of rotatable bonds is 5. The van der Waals surface area contributed by atoms with Gasteiger partial charge in [-0.25, -0.2) is 0 Å². The van der Waals surface area contributed by atoms with Crippen molar-refractivity contribution in [3.8, 4) is 5.75 Å². The minimum atomic E-state index is -0.213. The van der Waals surface area contributed by atoms with Gasteiger partial charge in [0.1, 0.15) is 18.1 Å². The van der Waals surface area contributed by atoms with E-state index in [-0.39, 0.29) is 5.91 Å². The van der Waals surface area contributed by atoms with Crippen molar-refractivity contribution in [3.05, 3.63) is 53.5 Å². The highest BCUT2D eigenvalue weighted by atomic mass is 32.1. The summed E-state index contributed by atoms with van der Waals surface area (Å²) in [5.74, 6) is 0.978. The molecule has 1 N–H and O–H groups in total. The number of aryl methyl sites for hydroxylation is 2. The van der Waals surface area contributed by atoms with Crippen LogP contribution in [0.5, 0.6) is 5.75 Å². The lowest BCUT2D eigenvalue weighted by atomic mass is 10.2. The van der Waals surface area contributed by atoms with Gasteiger partial charge in [0.2, 0.25) is 0 Å². The van der Waals surface area contributed by atoms with Gasteiger partial charge in [0.15, 0.2) is 5.82 Å². The molecule has 0 bridgehead atoms. The number of nitrogens with one attached hydrogen (secondary N) is 1. The fraction of sp³-hybridized carbons (Fsp3) is 0.200. The van der Waals surface area contributed by atoms with Crippen LogP contribution in [0.2, 0.25) is 0 Å². The summed E-state index contributed by atoms with van der Waals surface area (Å²) in [6.45, 7) is 2.26. The minimum absolute atomic E-state index is 0.213. The molecule has 0 saturated carbocycles. The molecule has 1 amide bonds. The third kappa shape index (κ3) is 3.72. The van der Waals surface area contributed by atoms with Crippen LogP contribution in [0.4, 0.5) is 5.82 Å². The summed E-state index contributed by atoms with van der Waals surface area (Å²) in [7, 11) is 1.79. The molecule has 0 unspecified atom stereocenters. The maximum absolute atomic E-state index is 12.1. The molecule has 2 aromatic heterocycles. The van der Waals surface area contributed by atoms with E-state index >= 15 is 0 Å². The lowest BCUT2D eigenvalue weighted by molar-refractivity contribution is 0.102. The first-order chi connectivity index (χ1) is 11.1. The van der Waals surface area contributed by atoms with Gasteiger partial charge in [0.25, 0.3) is 5.91 Å². The summed E-state index contributed by atoms with van der Waals surface area (Å²) in [6.07, 6.45) is 1.77. The third-order valence-electron chi connectivity index (χ3n) is 3.19. The van der Waals surface area contributed by atoms with Gasteiger partial charge in [-0.05, 0) is 31.2 Å². The molecule has 0 spiro atoms. The predicted octanol–water partition coefficient (Wildman–Crippen LogP) is 2.41. The van der Waals surface area contributed by atoms with Gasteiger partial charge >= 0.3 is 0 Å². The second kappa shape index (κ2) is 6.57. The molecule has 0 fully saturated rings. The molecule has 0 saturated heterocycles. The van der Waals surface area contributed by atoms with Crippen LogP contribution >= 0.6 is 11.7 Å². The van der Waals surface area contributed by atoms with Crippen molar-refractivity contribution in [1.29, 1.82) is 0 Å². The van der Waals surface area contributed by atoms with Crippen LogP contribution in [0.25, 0.3) is 0 Å². The molecule has 3 aromatic rings. The smallest absolute Gasteiger partial charge is 0.256 e. The molecule has 0 aliphatic carbocycles. The number of amides is 1. The average Bonchev–Trinajstić information content (AvgIpc) is 3.14. The number of ether oxygens (including phenoxy) is 1. The topological polar surface area (TPSA) is 81.9 Å². The fourth-order valence-corrected chi connectivity index (χ4v) is 2.46. The first-order valence-electron chi connectivity index (χ1n) is 6.94. The maximum Gasteiger partial charge on any atom is 0.256 e. The second-order valence-corrected chi connectivity index (χ2v) is 5.47. The van der Waals surface area contributed by atoms with E-state index in [9.17, 15) is 4.79 Å². The van der Waals surface area contributed by atoms with Crippen molar-refractivity contribution >= 4 is 23.5 Å². The molecular formula is C15H15N5O2S. The lowest BCUT2D eigenvalue weighted by Crippen LogP contribution is -2.12. The summed E-state index contributed by atoms with van der Waals surface area (Å²) in [5.41, 5.74) is 2.24. The van der Waals surface area contributed by atoms with Crippen molar-refractivity contribution in [1.82, 2.24) is 18.5 Å². The van der Waals surface area contributed by atoms with Crippen LogP contribution in [0.3, 0.4) is 0 Å². The van der Waals surface area contributed by atoms with Crippen molar-refractivity contribution in [3.63, 3.8) is 0 Å². The van der Waals surface area contributed by atoms with Crippen molar-refractivity contribution in [2.45, 2.75) is 13.5 Å². The van der Waals surface area contributed by atoms with E-state index in [0.29, 0.717) is 23.7 Å². The van der Waals surface area contributed by atoms with Gasteiger partial charge in [0.05, 0.1) is 17.4 Å². The van der Waals surface area contributed by atoms with Gasteiger partial charge in [0, 0.05) is 24.9 Å². The van der Waals surface area contributed by atoms with E-state index in [0.717, 1.165) is 11.4 Å². The van der Waals surface area contributed by atoms with E-state index < -0.39 is 0 Å². The summed E-state index contributed by atoms with van der Waals surface area (Å²) >= 11 is 1.17. The number of anilines is 1. The molecule has 118 valence electrons. The van der Waals surface area contributed by atoms with Gasteiger partial charge in [-0.15, -0.1) is 0 Å². The maximum atomic E-state index is 12.1. The number of carbonyl (C=O) groups is 1. The molecule has 23 heavy (non-hydrogen) atoms. The molecule has 0 radical (unpaired) electrons. The van der Waals surface area contributed by atoms with E-state index in [1.165, 1.54) is 11.7 Å². The Morgan fingerprint density at radius 2 is 2.04 bits per heavy atom. The van der Waals surface area contributed by atoms with Crippen LogP contribution < -0.4 is 10.1 Å². The highest BCUT2D eigenvalue weighted by Gasteiger charge is 2.08. The monoisotopic (exact) mass is 329 g/mol. The molecular weight excluding hydrogens is 314 g/mol. The first-order valence-corrected chi connectivity index (χ1v) is 7.67. The standard InChI is InChI=1S/C15H15N5O2S/c1-10-13(19-23-18-10)9-22-12-5-3-11(4-6-12)15(21)16-14-7-8-20(2)17-14/h3-8H,9H2,1-2H3,(H,16,17,21). The van der Waals surface area contributed by atoms with E-state index in [2.05, 4.69) is 19.2 Å². The molecule has 1 aromatic carbocycles. The molecule has 7 nitrogen and oxygen atoms in total. The number of hydrogen-bond acceptors (Lipinski definition) is 6. The van der Waals surface area contributed by atoms with Gasteiger partial charge in [-0.1, -0.05) is 0 Å². The fourth-order valence-electron chi connectivity index (χ4n) is 1.90. The average molecular weight is 329 g/mol. The number of nitrogens with zero attached hydrogens (tertiary/aromatic N) is 4.